The fraction of sp³-hybridized carbons (Fsp3) is 0.600. The Morgan fingerprint density at radius 2 is 2.11 bits per heavy atom. The van der Waals surface area contributed by atoms with Crippen LogP contribution in [0, 0.1) is 0 Å². The molecule has 102 valence electrons. The van der Waals surface area contributed by atoms with E-state index in [4.69, 9.17) is 5.73 Å². The largest absolute Gasteiger partial charge is 0.507 e. The van der Waals surface area contributed by atoms with Gasteiger partial charge in [0.2, 0.25) is 0 Å². The predicted octanol–water partition coefficient (Wildman–Crippen LogP) is 3.84. The molecule has 3 heteroatoms. The normalized spacial score (nSPS) is 19.2. The van der Waals surface area contributed by atoms with Crippen LogP contribution in [0.1, 0.15) is 67.8 Å². The minimum absolute atomic E-state index is 0. The molecule has 0 saturated heterocycles. The van der Waals surface area contributed by atoms with Crippen molar-refractivity contribution in [1.29, 1.82) is 0 Å². The van der Waals surface area contributed by atoms with Crippen LogP contribution >= 0.6 is 12.4 Å². The molecule has 2 unspecified atom stereocenters. The number of aromatic hydroxyl groups is 1. The second kappa shape index (κ2) is 5.94. The van der Waals surface area contributed by atoms with Gasteiger partial charge >= 0.3 is 0 Å². The maximum Gasteiger partial charge on any atom is 0.124 e. The third-order valence-electron chi connectivity index (χ3n) is 4.17. The summed E-state index contributed by atoms with van der Waals surface area (Å²) in [6, 6.07) is 2.22. The van der Waals surface area contributed by atoms with Gasteiger partial charge in [-0.25, -0.2) is 0 Å². The van der Waals surface area contributed by atoms with E-state index in [1.165, 1.54) is 11.1 Å². The van der Waals surface area contributed by atoms with E-state index >= 15 is 0 Å². The monoisotopic (exact) mass is 269 g/mol. The van der Waals surface area contributed by atoms with Crippen LogP contribution in [-0.2, 0) is 12.8 Å². The van der Waals surface area contributed by atoms with Gasteiger partial charge in [-0.3, -0.25) is 0 Å². The molecule has 0 saturated carbocycles. The zero-order valence-electron chi connectivity index (χ0n) is 11.5. The molecular weight excluding hydrogens is 246 g/mol. The summed E-state index contributed by atoms with van der Waals surface area (Å²) in [5, 5.41) is 10.4. The van der Waals surface area contributed by atoms with Crippen LogP contribution in [0.3, 0.4) is 0 Å². The van der Waals surface area contributed by atoms with E-state index in [2.05, 4.69) is 26.8 Å². The highest BCUT2D eigenvalue weighted by molar-refractivity contribution is 5.85. The number of nitrogens with two attached hydrogens (primary N) is 1. The summed E-state index contributed by atoms with van der Waals surface area (Å²) in [4.78, 5) is 0. The van der Waals surface area contributed by atoms with Gasteiger partial charge < -0.3 is 10.8 Å². The number of phenols is 1. The molecule has 0 aliphatic heterocycles. The Bertz CT molecular complexity index is 431. The van der Waals surface area contributed by atoms with Crippen molar-refractivity contribution in [2.75, 3.05) is 0 Å². The highest BCUT2D eigenvalue weighted by Crippen LogP contribution is 2.43. The molecule has 1 aliphatic carbocycles. The van der Waals surface area contributed by atoms with Gasteiger partial charge in [0.25, 0.3) is 0 Å². The van der Waals surface area contributed by atoms with Crippen molar-refractivity contribution >= 4 is 12.4 Å². The highest BCUT2D eigenvalue weighted by atomic mass is 35.5. The van der Waals surface area contributed by atoms with Gasteiger partial charge in [0.15, 0.2) is 0 Å². The quantitative estimate of drug-likeness (QED) is 0.876. The predicted molar refractivity (Wildman–Crippen MR) is 78.7 cm³/mol. The molecule has 2 atom stereocenters. The molecule has 0 heterocycles. The van der Waals surface area contributed by atoms with Crippen molar-refractivity contribution in [3.63, 3.8) is 0 Å². The number of benzene rings is 1. The Labute approximate surface area is 116 Å². The third kappa shape index (κ3) is 2.36. The van der Waals surface area contributed by atoms with Crippen LogP contribution < -0.4 is 5.73 Å². The highest BCUT2D eigenvalue weighted by Gasteiger charge is 2.27. The molecular formula is C15H24ClNO. The van der Waals surface area contributed by atoms with Gasteiger partial charge in [0.05, 0.1) is 0 Å². The van der Waals surface area contributed by atoms with Gasteiger partial charge in [0.1, 0.15) is 5.75 Å². The smallest absolute Gasteiger partial charge is 0.124 e. The molecule has 18 heavy (non-hydrogen) atoms. The summed E-state index contributed by atoms with van der Waals surface area (Å²) >= 11 is 0. The first kappa shape index (κ1) is 15.3. The molecule has 0 bridgehead atoms. The van der Waals surface area contributed by atoms with E-state index in [1.54, 1.807) is 0 Å². The summed E-state index contributed by atoms with van der Waals surface area (Å²) in [5.41, 5.74) is 10.9. The molecule has 1 aromatic rings. The summed E-state index contributed by atoms with van der Waals surface area (Å²) in [6.45, 7) is 6.50. The maximum absolute atomic E-state index is 10.4. The lowest BCUT2D eigenvalue weighted by Crippen LogP contribution is -2.08. The Morgan fingerprint density at radius 3 is 2.67 bits per heavy atom. The number of phenolic OH excluding ortho intramolecular Hbond substituents is 1. The molecule has 0 fully saturated rings. The van der Waals surface area contributed by atoms with E-state index < -0.39 is 0 Å². The van der Waals surface area contributed by atoms with Gasteiger partial charge in [-0.15, -0.1) is 12.4 Å². The van der Waals surface area contributed by atoms with Gasteiger partial charge in [-0.05, 0) is 48.3 Å². The lowest BCUT2D eigenvalue weighted by molar-refractivity contribution is 0.450. The van der Waals surface area contributed by atoms with E-state index in [0.717, 1.165) is 36.8 Å². The molecule has 1 aromatic carbocycles. The number of fused-ring (bicyclic) bond motifs is 1. The molecule has 2 rings (SSSR count). The standard InChI is InChI=1S/C15H23NO.ClH/c1-4-9(3)12-8-10(5-2)11-6-7-13(16)14(11)15(12)17;/h8-9,13,17H,4-7,16H2,1-3H3;1H. The van der Waals surface area contributed by atoms with Gasteiger partial charge in [0, 0.05) is 11.6 Å². The Hall–Kier alpha value is -0.730. The summed E-state index contributed by atoms with van der Waals surface area (Å²) < 4.78 is 0. The van der Waals surface area contributed by atoms with Gasteiger partial charge in [-0.1, -0.05) is 26.8 Å². The minimum Gasteiger partial charge on any atom is -0.507 e. The molecule has 0 spiro atoms. The van der Waals surface area contributed by atoms with Gasteiger partial charge in [-0.2, -0.15) is 0 Å². The molecule has 2 nitrogen and oxygen atoms in total. The van der Waals surface area contributed by atoms with E-state index in [-0.39, 0.29) is 18.4 Å². The number of hydrogen-bond donors (Lipinski definition) is 2. The number of aryl methyl sites for hydroxylation is 1. The van der Waals surface area contributed by atoms with Crippen LogP contribution in [0.2, 0.25) is 0 Å². The lowest BCUT2D eigenvalue weighted by Gasteiger charge is -2.19. The van der Waals surface area contributed by atoms with Crippen molar-refractivity contribution < 1.29 is 5.11 Å². The third-order valence-corrected chi connectivity index (χ3v) is 4.17. The van der Waals surface area contributed by atoms with Crippen LogP contribution in [-0.4, -0.2) is 5.11 Å². The molecule has 0 amide bonds. The molecule has 1 aliphatic rings. The van der Waals surface area contributed by atoms with Crippen LogP contribution in [0.15, 0.2) is 6.07 Å². The zero-order chi connectivity index (χ0) is 12.6. The molecule has 0 radical (unpaired) electrons. The van der Waals surface area contributed by atoms with Crippen molar-refractivity contribution in [1.82, 2.24) is 0 Å². The average molecular weight is 270 g/mol. The molecule has 3 N–H and O–H groups in total. The number of halogens is 1. The summed E-state index contributed by atoms with van der Waals surface area (Å²) in [6.07, 6.45) is 4.07. The fourth-order valence-corrected chi connectivity index (χ4v) is 2.86. The first-order valence-corrected chi connectivity index (χ1v) is 6.73. The Kier molecular flexibility index (Phi) is 5.06. The van der Waals surface area contributed by atoms with Crippen molar-refractivity contribution in [3.8, 4) is 5.75 Å². The van der Waals surface area contributed by atoms with Crippen molar-refractivity contribution in [2.45, 2.75) is 58.4 Å². The van der Waals surface area contributed by atoms with E-state index in [9.17, 15) is 5.11 Å². The Balaban J connectivity index is 0.00000162. The number of rotatable bonds is 3. The van der Waals surface area contributed by atoms with Crippen molar-refractivity contribution in [2.24, 2.45) is 5.73 Å². The van der Waals surface area contributed by atoms with Crippen LogP contribution in [0.25, 0.3) is 0 Å². The average Bonchev–Trinajstić information content (AvgIpc) is 2.72. The first-order chi connectivity index (χ1) is 8.10. The number of hydrogen-bond acceptors (Lipinski definition) is 2. The fourth-order valence-electron chi connectivity index (χ4n) is 2.86. The topological polar surface area (TPSA) is 46.2 Å². The van der Waals surface area contributed by atoms with Crippen LogP contribution in [0.5, 0.6) is 5.75 Å². The summed E-state index contributed by atoms with van der Waals surface area (Å²) in [5.74, 6) is 0.870. The molecule has 0 aromatic heterocycles. The van der Waals surface area contributed by atoms with E-state index in [1.807, 2.05) is 0 Å². The zero-order valence-corrected chi connectivity index (χ0v) is 12.3. The maximum atomic E-state index is 10.4. The second-order valence-corrected chi connectivity index (χ2v) is 5.17. The second-order valence-electron chi connectivity index (χ2n) is 5.17. The lowest BCUT2D eigenvalue weighted by atomic mass is 9.89. The summed E-state index contributed by atoms with van der Waals surface area (Å²) in [7, 11) is 0. The van der Waals surface area contributed by atoms with E-state index in [0.29, 0.717) is 11.7 Å². The first-order valence-electron chi connectivity index (χ1n) is 6.73. The SMILES string of the molecule is CCc1cc(C(C)CC)c(O)c2c1CCC2N.Cl. The van der Waals surface area contributed by atoms with Crippen LogP contribution in [0.4, 0.5) is 0 Å². The Morgan fingerprint density at radius 1 is 1.44 bits per heavy atom. The van der Waals surface area contributed by atoms with Crippen molar-refractivity contribution in [3.05, 3.63) is 28.3 Å². The minimum atomic E-state index is 0.